The first-order chi connectivity index (χ1) is 8.86. The lowest BCUT2D eigenvalue weighted by Gasteiger charge is -2.40. The molecule has 0 aliphatic rings. The summed E-state index contributed by atoms with van der Waals surface area (Å²) in [6, 6.07) is 0. The van der Waals surface area contributed by atoms with Crippen molar-refractivity contribution in [2.45, 2.75) is 85.2 Å². The van der Waals surface area contributed by atoms with E-state index in [0.717, 1.165) is 0 Å². The summed E-state index contributed by atoms with van der Waals surface area (Å²) in [5.74, 6) is -0.247. The van der Waals surface area contributed by atoms with E-state index in [0.29, 0.717) is 6.42 Å². The topological polar surface area (TPSA) is 35.5 Å². The highest BCUT2D eigenvalue weighted by Gasteiger charge is 2.40. The van der Waals surface area contributed by atoms with E-state index in [-0.39, 0.29) is 23.2 Å². The quantitative estimate of drug-likeness (QED) is 0.406. The fourth-order valence-electron chi connectivity index (χ4n) is 1.62. The van der Waals surface area contributed by atoms with Gasteiger partial charge in [0, 0.05) is 13.3 Å². The molecule has 0 aromatic carbocycles. The number of esters is 1. The van der Waals surface area contributed by atoms with Gasteiger partial charge in [-0.2, -0.15) is 0 Å². The van der Waals surface area contributed by atoms with Crippen LogP contribution in [0.15, 0.2) is 11.6 Å². The highest BCUT2D eigenvalue weighted by molar-refractivity contribution is 6.74. The molecular formula is C16H32O3Si. The zero-order valence-electron chi connectivity index (χ0n) is 14.7. The van der Waals surface area contributed by atoms with Crippen LogP contribution in [0.25, 0.3) is 0 Å². The van der Waals surface area contributed by atoms with Crippen LogP contribution in [-0.2, 0) is 14.0 Å². The SMILES string of the molecule is CC(=O)OC(CC=C(C)C)[C@@H](C)O[Si](C)(C)C(C)(C)C. The molecule has 0 bridgehead atoms. The maximum atomic E-state index is 11.3. The Morgan fingerprint density at radius 1 is 1.20 bits per heavy atom. The van der Waals surface area contributed by atoms with Crippen LogP contribution in [0, 0.1) is 0 Å². The lowest BCUT2D eigenvalue weighted by Crippen LogP contribution is -2.46. The van der Waals surface area contributed by atoms with Gasteiger partial charge in [-0.25, -0.2) is 0 Å². The first-order valence-corrected chi connectivity index (χ1v) is 10.3. The molecule has 2 atom stereocenters. The maximum absolute atomic E-state index is 11.3. The van der Waals surface area contributed by atoms with Crippen LogP contribution in [0.5, 0.6) is 0 Å². The van der Waals surface area contributed by atoms with Crippen molar-refractivity contribution in [2.75, 3.05) is 0 Å². The van der Waals surface area contributed by atoms with E-state index in [2.05, 4.69) is 39.9 Å². The first-order valence-electron chi connectivity index (χ1n) is 7.35. The van der Waals surface area contributed by atoms with Gasteiger partial charge in [0.05, 0.1) is 6.10 Å². The van der Waals surface area contributed by atoms with Crippen molar-refractivity contribution in [3.05, 3.63) is 11.6 Å². The molecule has 0 aliphatic heterocycles. The van der Waals surface area contributed by atoms with E-state index in [4.69, 9.17) is 9.16 Å². The van der Waals surface area contributed by atoms with Crippen LogP contribution >= 0.6 is 0 Å². The van der Waals surface area contributed by atoms with Gasteiger partial charge >= 0.3 is 5.97 Å². The Balaban J connectivity index is 4.91. The molecular weight excluding hydrogens is 268 g/mol. The molecule has 0 heterocycles. The zero-order chi connectivity index (χ0) is 16.1. The van der Waals surface area contributed by atoms with Crippen LogP contribution < -0.4 is 0 Å². The van der Waals surface area contributed by atoms with Gasteiger partial charge in [0.25, 0.3) is 0 Å². The third kappa shape index (κ3) is 6.71. The highest BCUT2D eigenvalue weighted by Crippen LogP contribution is 2.37. The summed E-state index contributed by atoms with van der Waals surface area (Å²) in [6.07, 6.45) is 2.50. The van der Waals surface area contributed by atoms with Crippen LogP contribution in [0.1, 0.15) is 54.9 Å². The summed E-state index contributed by atoms with van der Waals surface area (Å²) in [6.45, 7) is 18.6. The van der Waals surface area contributed by atoms with Gasteiger partial charge in [0.1, 0.15) is 6.10 Å². The molecule has 0 N–H and O–H groups in total. The van der Waals surface area contributed by atoms with Crippen LogP contribution in [-0.4, -0.2) is 26.5 Å². The van der Waals surface area contributed by atoms with E-state index >= 15 is 0 Å². The fourth-order valence-corrected chi connectivity index (χ4v) is 3.05. The standard InChI is InChI=1S/C16H32O3Si/c1-12(2)10-11-15(18-14(4)17)13(3)19-20(8,9)16(5,6)7/h10,13,15H,11H2,1-9H3/t13-,15?/m1/s1. The Kier molecular flexibility index (Phi) is 7.18. The predicted molar refractivity (Wildman–Crippen MR) is 87.3 cm³/mol. The van der Waals surface area contributed by atoms with Crippen molar-refractivity contribution in [1.29, 1.82) is 0 Å². The third-order valence-electron chi connectivity index (χ3n) is 3.89. The van der Waals surface area contributed by atoms with Gasteiger partial charge in [-0.1, -0.05) is 32.4 Å². The number of ether oxygens (including phenoxy) is 1. The number of hydrogen-bond acceptors (Lipinski definition) is 3. The molecule has 0 aromatic rings. The molecule has 0 fully saturated rings. The molecule has 118 valence electrons. The molecule has 0 rings (SSSR count). The Hall–Kier alpha value is -0.613. The van der Waals surface area contributed by atoms with Crippen molar-refractivity contribution in [3.63, 3.8) is 0 Å². The minimum Gasteiger partial charge on any atom is -0.460 e. The molecule has 0 spiro atoms. The van der Waals surface area contributed by atoms with Crippen LogP contribution in [0.2, 0.25) is 18.1 Å². The summed E-state index contributed by atoms with van der Waals surface area (Å²) in [5, 5.41) is 0.151. The number of allylic oxidation sites excluding steroid dienone is 1. The minimum absolute atomic E-state index is 0.0876. The third-order valence-corrected chi connectivity index (χ3v) is 8.46. The zero-order valence-corrected chi connectivity index (χ0v) is 15.7. The summed E-state index contributed by atoms with van der Waals surface area (Å²) >= 11 is 0. The second-order valence-corrected chi connectivity index (χ2v) is 12.0. The summed E-state index contributed by atoms with van der Waals surface area (Å²) in [5.41, 5.74) is 1.22. The van der Waals surface area contributed by atoms with E-state index in [1.54, 1.807) is 0 Å². The molecule has 0 aromatic heterocycles. The minimum atomic E-state index is -1.85. The molecule has 20 heavy (non-hydrogen) atoms. The Morgan fingerprint density at radius 3 is 2.05 bits per heavy atom. The van der Waals surface area contributed by atoms with Crippen molar-refractivity contribution in [1.82, 2.24) is 0 Å². The Labute approximate surface area is 125 Å². The molecule has 0 aliphatic carbocycles. The summed E-state index contributed by atoms with van der Waals surface area (Å²) in [4.78, 5) is 11.3. The smallest absolute Gasteiger partial charge is 0.303 e. The van der Waals surface area contributed by atoms with Gasteiger partial charge in [-0.3, -0.25) is 4.79 Å². The molecule has 0 saturated carbocycles. The molecule has 0 saturated heterocycles. The van der Waals surface area contributed by atoms with Gasteiger partial charge in [0.15, 0.2) is 8.32 Å². The number of carbonyl (C=O) groups is 1. The van der Waals surface area contributed by atoms with Gasteiger partial charge in [-0.05, 0) is 38.9 Å². The molecule has 4 heteroatoms. The molecule has 1 unspecified atom stereocenters. The second kappa shape index (κ2) is 7.41. The lowest BCUT2D eigenvalue weighted by atomic mass is 10.1. The lowest BCUT2D eigenvalue weighted by molar-refractivity contribution is -0.150. The molecule has 0 amide bonds. The fraction of sp³-hybridized carbons (Fsp3) is 0.812. The average Bonchev–Trinajstić information content (AvgIpc) is 2.20. The number of carbonyl (C=O) groups excluding carboxylic acids is 1. The van der Waals surface area contributed by atoms with E-state index in [9.17, 15) is 4.79 Å². The normalized spacial score (nSPS) is 15.4. The summed E-state index contributed by atoms with van der Waals surface area (Å²) in [7, 11) is -1.85. The largest absolute Gasteiger partial charge is 0.460 e. The Bertz CT molecular complexity index is 349. The van der Waals surface area contributed by atoms with Crippen molar-refractivity contribution < 1.29 is 14.0 Å². The van der Waals surface area contributed by atoms with Gasteiger partial charge in [0.2, 0.25) is 0 Å². The summed E-state index contributed by atoms with van der Waals surface area (Å²) < 4.78 is 11.8. The monoisotopic (exact) mass is 300 g/mol. The van der Waals surface area contributed by atoms with E-state index in [1.165, 1.54) is 12.5 Å². The van der Waals surface area contributed by atoms with Crippen LogP contribution in [0.3, 0.4) is 0 Å². The number of hydrogen-bond donors (Lipinski definition) is 0. The Morgan fingerprint density at radius 2 is 1.70 bits per heavy atom. The van der Waals surface area contributed by atoms with E-state index < -0.39 is 8.32 Å². The van der Waals surface area contributed by atoms with Gasteiger partial charge in [-0.15, -0.1) is 0 Å². The second-order valence-electron chi connectivity index (χ2n) is 7.25. The van der Waals surface area contributed by atoms with Crippen molar-refractivity contribution in [3.8, 4) is 0 Å². The number of rotatable bonds is 6. The maximum Gasteiger partial charge on any atom is 0.303 e. The van der Waals surface area contributed by atoms with Crippen molar-refractivity contribution >= 4 is 14.3 Å². The van der Waals surface area contributed by atoms with E-state index in [1.807, 2.05) is 20.8 Å². The van der Waals surface area contributed by atoms with Gasteiger partial charge < -0.3 is 9.16 Å². The first kappa shape index (κ1) is 19.4. The predicted octanol–water partition coefficient (Wildman–Crippen LogP) is 4.68. The molecule has 0 radical (unpaired) electrons. The van der Waals surface area contributed by atoms with Crippen molar-refractivity contribution in [2.24, 2.45) is 0 Å². The molecule has 3 nitrogen and oxygen atoms in total. The highest BCUT2D eigenvalue weighted by atomic mass is 28.4. The van der Waals surface area contributed by atoms with Crippen LogP contribution in [0.4, 0.5) is 0 Å². The average molecular weight is 301 g/mol.